The Balaban J connectivity index is 2.48. The van der Waals surface area contributed by atoms with Crippen LogP contribution in [0.1, 0.15) is 6.92 Å². The van der Waals surface area contributed by atoms with E-state index in [1.807, 2.05) is 0 Å². The molecular weight excluding hydrogens is 176 g/mol. The fourth-order valence-corrected chi connectivity index (χ4v) is 0.951. The Morgan fingerprint density at radius 3 is 2.77 bits per heavy atom. The smallest absolute Gasteiger partial charge is 0.326 e. The van der Waals surface area contributed by atoms with Crippen LogP contribution in [-0.4, -0.2) is 42.5 Å². The number of imide groups is 1. The molecule has 0 atom stereocenters. The number of ether oxygens (including phenoxy) is 1. The topological polar surface area (TPSA) is 75.7 Å². The van der Waals surface area contributed by atoms with Crippen molar-refractivity contribution < 1.29 is 19.1 Å². The summed E-state index contributed by atoms with van der Waals surface area (Å²) in [6.07, 6.45) is 0. The van der Waals surface area contributed by atoms with E-state index in [4.69, 9.17) is 0 Å². The monoisotopic (exact) mass is 186 g/mol. The summed E-state index contributed by atoms with van der Waals surface area (Å²) in [4.78, 5) is 33.6. The highest BCUT2D eigenvalue weighted by Crippen LogP contribution is 1.98. The van der Waals surface area contributed by atoms with Crippen LogP contribution < -0.4 is 5.32 Å². The number of nitrogens with one attached hydrogen (secondary N) is 1. The van der Waals surface area contributed by atoms with E-state index < -0.39 is 17.9 Å². The third-order valence-electron chi connectivity index (χ3n) is 1.53. The van der Waals surface area contributed by atoms with Gasteiger partial charge in [-0.15, -0.1) is 0 Å². The maximum Gasteiger partial charge on any atom is 0.326 e. The number of carbonyl (C=O) groups is 3. The van der Waals surface area contributed by atoms with Gasteiger partial charge in [-0.1, -0.05) is 0 Å². The van der Waals surface area contributed by atoms with Gasteiger partial charge in [0.15, 0.2) is 0 Å². The average molecular weight is 186 g/mol. The van der Waals surface area contributed by atoms with Crippen molar-refractivity contribution in [3.63, 3.8) is 0 Å². The Morgan fingerprint density at radius 2 is 2.31 bits per heavy atom. The van der Waals surface area contributed by atoms with Gasteiger partial charge in [-0.2, -0.15) is 0 Å². The number of rotatable bonds is 3. The van der Waals surface area contributed by atoms with Crippen LogP contribution in [0.15, 0.2) is 0 Å². The Labute approximate surface area is 74.8 Å². The Hall–Kier alpha value is -1.59. The summed E-state index contributed by atoms with van der Waals surface area (Å²) in [5.74, 6) is -0.981. The molecule has 1 N–H and O–H groups in total. The first kappa shape index (κ1) is 9.50. The lowest BCUT2D eigenvalue weighted by atomic mass is 10.5. The number of hydrogen-bond donors (Lipinski definition) is 1. The maximum atomic E-state index is 11.0. The Bertz CT molecular complexity index is 235. The standard InChI is InChI=1S/C7H10N2O4/c1-2-13-6(11)4-9-5(10)3-8-7(9)12/h2-4H2,1H3,(H,8,12). The van der Waals surface area contributed by atoms with E-state index in [1.165, 1.54) is 0 Å². The quantitative estimate of drug-likeness (QED) is 0.458. The highest BCUT2D eigenvalue weighted by atomic mass is 16.5. The van der Waals surface area contributed by atoms with Crippen LogP contribution in [0.3, 0.4) is 0 Å². The average Bonchev–Trinajstić information content (AvgIpc) is 2.36. The van der Waals surface area contributed by atoms with Gasteiger partial charge in [-0.3, -0.25) is 14.5 Å². The minimum atomic E-state index is -0.576. The van der Waals surface area contributed by atoms with E-state index >= 15 is 0 Å². The molecule has 0 saturated carbocycles. The van der Waals surface area contributed by atoms with E-state index in [-0.39, 0.29) is 19.7 Å². The number of hydrogen-bond acceptors (Lipinski definition) is 4. The van der Waals surface area contributed by atoms with E-state index in [0.29, 0.717) is 0 Å². The van der Waals surface area contributed by atoms with Gasteiger partial charge in [0.25, 0.3) is 5.91 Å². The molecule has 0 spiro atoms. The van der Waals surface area contributed by atoms with Crippen molar-refractivity contribution in [1.29, 1.82) is 0 Å². The molecule has 0 radical (unpaired) electrons. The van der Waals surface area contributed by atoms with Crippen LogP contribution in [0.25, 0.3) is 0 Å². The fourth-order valence-electron chi connectivity index (χ4n) is 0.951. The minimum absolute atomic E-state index is 0.0434. The number of amides is 3. The summed E-state index contributed by atoms with van der Waals surface area (Å²) in [6, 6.07) is -0.543. The second-order valence-electron chi connectivity index (χ2n) is 2.44. The summed E-state index contributed by atoms with van der Waals surface area (Å²) in [5, 5.41) is 2.30. The van der Waals surface area contributed by atoms with Crippen molar-refractivity contribution in [1.82, 2.24) is 10.2 Å². The minimum Gasteiger partial charge on any atom is -0.465 e. The number of urea groups is 1. The molecule has 1 rings (SSSR count). The fraction of sp³-hybridized carbons (Fsp3) is 0.571. The molecule has 0 aromatic rings. The summed E-state index contributed by atoms with van der Waals surface area (Å²) < 4.78 is 4.59. The van der Waals surface area contributed by atoms with Crippen LogP contribution in [0, 0.1) is 0 Å². The molecule has 1 aliphatic heterocycles. The van der Waals surface area contributed by atoms with E-state index in [9.17, 15) is 14.4 Å². The summed E-state index contributed by atoms with van der Waals surface area (Å²) in [6.45, 7) is 1.54. The second kappa shape index (κ2) is 3.88. The summed E-state index contributed by atoms with van der Waals surface area (Å²) >= 11 is 0. The molecule has 72 valence electrons. The van der Waals surface area contributed by atoms with Crippen molar-refractivity contribution in [2.24, 2.45) is 0 Å². The zero-order valence-corrected chi connectivity index (χ0v) is 7.20. The van der Waals surface area contributed by atoms with Crippen LogP contribution in [0.5, 0.6) is 0 Å². The number of nitrogens with zero attached hydrogens (tertiary/aromatic N) is 1. The third-order valence-corrected chi connectivity index (χ3v) is 1.53. The highest BCUT2D eigenvalue weighted by molar-refractivity contribution is 6.04. The molecule has 1 saturated heterocycles. The van der Waals surface area contributed by atoms with E-state index in [2.05, 4.69) is 10.1 Å². The van der Waals surface area contributed by atoms with Crippen LogP contribution in [0.4, 0.5) is 4.79 Å². The molecule has 1 heterocycles. The van der Waals surface area contributed by atoms with Crippen molar-refractivity contribution in [2.45, 2.75) is 6.92 Å². The molecule has 0 bridgehead atoms. The van der Waals surface area contributed by atoms with Crippen molar-refractivity contribution in [3.8, 4) is 0 Å². The van der Waals surface area contributed by atoms with Gasteiger partial charge in [-0.05, 0) is 6.92 Å². The van der Waals surface area contributed by atoms with Crippen LogP contribution in [0.2, 0.25) is 0 Å². The van der Waals surface area contributed by atoms with Gasteiger partial charge in [-0.25, -0.2) is 4.79 Å². The predicted molar refractivity (Wildman–Crippen MR) is 41.7 cm³/mol. The number of esters is 1. The van der Waals surface area contributed by atoms with E-state index in [0.717, 1.165) is 4.90 Å². The van der Waals surface area contributed by atoms with Gasteiger partial charge in [0.05, 0.1) is 13.2 Å². The van der Waals surface area contributed by atoms with Crippen molar-refractivity contribution in [3.05, 3.63) is 0 Å². The van der Waals surface area contributed by atoms with Gasteiger partial charge >= 0.3 is 12.0 Å². The predicted octanol–water partition coefficient (Wildman–Crippen LogP) is -0.899. The van der Waals surface area contributed by atoms with Crippen molar-refractivity contribution in [2.75, 3.05) is 19.7 Å². The lowest BCUT2D eigenvalue weighted by Gasteiger charge is -2.10. The molecule has 6 nitrogen and oxygen atoms in total. The van der Waals surface area contributed by atoms with E-state index in [1.54, 1.807) is 6.92 Å². The van der Waals surface area contributed by atoms with Gasteiger partial charge in [0, 0.05) is 0 Å². The molecule has 0 aromatic carbocycles. The van der Waals surface area contributed by atoms with Gasteiger partial charge in [0.1, 0.15) is 6.54 Å². The van der Waals surface area contributed by atoms with Crippen LogP contribution in [-0.2, 0) is 14.3 Å². The highest BCUT2D eigenvalue weighted by Gasteiger charge is 2.30. The summed E-state index contributed by atoms with van der Waals surface area (Å²) in [5.41, 5.74) is 0. The van der Waals surface area contributed by atoms with Gasteiger partial charge < -0.3 is 10.1 Å². The molecule has 13 heavy (non-hydrogen) atoms. The summed E-state index contributed by atoms with van der Waals surface area (Å²) in [7, 11) is 0. The maximum absolute atomic E-state index is 11.0. The molecular formula is C7H10N2O4. The SMILES string of the molecule is CCOC(=O)CN1C(=O)CNC1=O. The van der Waals surface area contributed by atoms with Gasteiger partial charge in [0.2, 0.25) is 0 Å². The first-order valence-corrected chi connectivity index (χ1v) is 3.89. The Kier molecular flexibility index (Phi) is 2.84. The lowest BCUT2D eigenvalue weighted by molar-refractivity contribution is -0.146. The second-order valence-corrected chi connectivity index (χ2v) is 2.44. The first-order chi connectivity index (χ1) is 6.15. The molecule has 1 aliphatic rings. The molecule has 0 aromatic heterocycles. The molecule has 0 unspecified atom stereocenters. The van der Waals surface area contributed by atoms with Crippen molar-refractivity contribution >= 4 is 17.9 Å². The molecule has 6 heteroatoms. The molecule has 0 aliphatic carbocycles. The third kappa shape index (κ3) is 2.17. The normalized spacial score (nSPS) is 15.9. The lowest BCUT2D eigenvalue weighted by Crippen LogP contribution is -2.36. The largest absolute Gasteiger partial charge is 0.465 e. The molecule has 1 fully saturated rings. The number of carbonyl (C=O) groups excluding carboxylic acids is 3. The van der Waals surface area contributed by atoms with Crippen LogP contribution >= 0.6 is 0 Å². The zero-order valence-electron chi connectivity index (χ0n) is 7.20. The first-order valence-electron chi connectivity index (χ1n) is 3.89. The zero-order chi connectivity index (χ0) is 9.84. The Morgan fingerprint density at radius 1 is 1.62 bits per heavy atom. The molecule has 3 amide bonds.